The second-order valence-corrected chi connectivity index (χ2v) is 4.76. The Morgan fingerprint density at radius 2 is 2.00 bits per heavy atom. The van der Waals surface area contributed by atoms with E-state index in [9.17, 15) is 4.39 Å². The van der Waals surface area contributed by atoms with Gasteiger partial charge in [0.05, 0.1) is 18.8 Å². The third kappa shape index (κ3) is 4.42. The van der Waals surface area contributed by atoms with Crippen molar-refractivity contribution in [2.75, 3.05) is 13.2 Å². The number of benzene rings is 1. The number of rotatable bonds is 6. The van der Waals surface area contributed by atoms with Crippen LogP contribution in [-0.2, 0) is 6.42 Å². The molecule has 1 unspecified atom stereocenters. The molecule has 0 aliphatic heterocycles. The lowest BCUT2D eigenvalue weighted by atomic mass is 10.0. The molecular weight excluding hydrogens is 221 g/mol. The maximum atomic E-state index is 13.0. The molecule has 17 heavy (non-hydrogen) atoms. The van der Waals surface area contributed by atoms with E-state index in [1.54, 1.807) is 13.0 Å². The van der Waals surface area contributed by atoms with Crippen LogP contribution in [0.4, 0.5) is 4.39 Å². The van der Waals surface area contributed by atoms with Crippen molar-refractivity contribution < 1.29 is 14.6 Å². The van der Waals surface area contributed by atoms with Gasteiger partial charge in [0.1, 0.15) is 5.82 Å². The molecule has 0 aliphatic rings. The SMILES string of the molecule is CC(Cc1cccc(F)c1)NC(C)(CO)CO. The molecule has 3 N–H and O–H groups in total. The molecule has 0 aliphatic carbocycles. The largest absolute Gasteiger partial charge is 0.394 e. The Balaban J connectivity index is 2.58. The van der Waals surface area contributed by atoms with Crippen LogP contribution < -0.4 is 5.32 Å². The van der Waals surface area contributed by atoms with Crippen LogP contribution >= 0.6 is 0 Å². The summed E-state index contributed by atoms with van der Waals surface area (Å²) in [5, 5.41) is 21.5. The first-order chi connectivity index (χ1) is 7.99. The highest BCUT2D eigenvalue weighted by Gasteiger charge is 2.23. The summed E-state index contributed by atoms with van der Waals surface area (Å²) in [5.41, 5.74) is 0.190. The van der Waals surface area contributed by atoms with Crippen LogP contribution in [0.5, 0.6) is 0 Å². The van der Waals surface area contributed by atoms with Crippen LogP contribution in [0.3, 0.4) is 0 Å². The average Bonchev–Trinajstić information content (AvgIpc) is 2.28. The van der Waals surface area contributed by atoms with Crippen molar-refractivity contribution in [3.63, 3.8) is 0 Å². The number of nitrogens with one attached hydrogen (secondary N) is 1. The number of hydrogen-bond donors (Lipinski definition) is 3. The van der Waals surface area contributed by atoms with E-state index in [0.717, 1.165) is 5.56 Å². The fourth-order valence-corrected chi connectivity index (χ4v) is 1.80. The summed E-state index contributed by atoms with van der Waals surface area (Å²) >= 11 is 0. The number of aliphatic hydroxyl groups is 2. The molecule has 4 heteroatoms. The first kappa shape index (κ1) is 14.1. The van der Waals surface area contributed by atoms with Crippen molar-refractivity contribution in [3.05, 3.63) is 35.6 Å². The molecular formula is C13H20FNO2. The molecule has 0 saturated heterocycles. The fourth-order valence-electron chi connectivity index (χ4n) is 1.80. The van der Waals surface area contributed by atoms with Crippen LogP contribution in [0.2, 0.25) is 0 Å². The highest BCUT2D eigenvalue weighted by molar-refractivity contribution is 5.17. The predicted octanol–water partition coefficient (Wildman–Crippen LogP) is 1.09. The minimum absolute atomic E-state index is 0.0427. The minimum atomic E-state index is -0.702. The summed E-state index contributed by atoms with van der Waals surface area (Å²) in [5.74, 6) is -0.248. The first-order valence-electron chi connectivity index (χ1n) is 5.73. The summed E-state index contributed by atoms with van der Waals surface area (Å²) in [7, 11) is 0. The monoisotopic (exact) mass is 241 g/mol. The van der Waals surface area contributed by atoms with Gasteiger partial charge < -0.3 is 15.5 Å². The van der Waals surface area contributed by atoms with Gasteiger partial charge >= 0.3 is 0 Å². The molecule has 0 fully saturated rings. The number of aliphatic hydroxyl groups excluding tert-OH is 2. The average molecular weight is 241 g/mol. The Kier molecular flexibility index (Phi) is 5.05. The van der Waals surface area contributed by atoms with Gasteiger partial charge in [-0.25, -0.2) is 4.39 Å². The van der Waals surface area contributed by atoms with Crippen molar-refractivity contribution in [1.82, 2.24) is 5.32 Å². The lowest BCUT2D eigenvalue weighted by molar-refractivity contribution is 0.0957. The predicted molar refractivity (Wildman–Crippen MR) is 65.3 cm³/mol. The lowest BCUT2D eigenvalue weighted by Crippen LogP contribution is -2.53. The summed E-state index contributed by atoms with van der Waals surface area (Å²) in [6, 6.07) is 6.48. The van der Waals surface area contributed by atoms with Gasteiger partial charge in [0.15, 0.2) is 0 Å². The second kappa shape index (κ2) is 6.10. The molecule has 0 bridgehead atoms. The zero-order chi connectivity index (χ0) is 12.9. The quantitative estimate of drug-likeness (QED) is 0.699. The van der Waals surface area contributed by atoms with Crippen LogP contribution in [-0.4, -0.2) is 35.0 Å². The Bertz CT molecular complexity index is 353. The van der Waals surface area contributed by atoms with Crippen LogP contribution in [0, 0.1) is 5.82 Å². The van der Waals surface area contributed by atoms with Gasteiger partial charge in [-0.1, -0.05) is 12.1 Å². The third-order valence-corrected chi connectivity index (χ3v) is 2.72. The van der Waals surface area contributed by atoms with Gasteiger partial charge in [0.2, 0.25) is 0 Å². The molecule has 1 aromatic rings. The van der Waals surface area contributed by atoms with E-state index in [0.29, 0.717) is 6.42 Å². The molecule has 3 nitrogen and oxygen atoms in total. The topological polar surface area (TPSA) is 52.5 Å². The van der Waals surface area contributed by atoms with Gasteiger partial charge in [-0.05, 0) is 38.0 Å². The van der Waals surface area contributed by atoms with E-state index in [4.69, 9.17) is 10.2 Å². The van der Waals surface area contributed by atoms with E-state index in [1.807, 2.05) is 13.0 Å². The summed E-state index contributed by atoms with van der Waals surface area (Å²) in [6.45, 7) is 3.40. The fraction of sp³-hybridized carbons (Fsp3) is 0.538. The maximum Gasteiger partial charge on any atom is 0.123 e. The van der Waals surface area contributed by atoms with E-state index in [-0.39, 0.29) is 25.1 Å². The zero-order valence-electron chi connectivity index (χ0n) is 10.3. The van der Waals surface area contributed by atoms with Crippen molar-refractivity contribution in [1.29, 1.82) is 0 Å². The van der Waals surface area contributed by atoms with Crippen molar-refractivity contribution in [3.8, 4) is 0 Å². The van der Waals surface area contributed by atoms with Gasteiger partial charge in [0.25, 0.3) is 0 Å². The van der Waals surface area contributed by atoms with Gasteiger partial charge in [0, 0.05) is 6.04 Å². The molecule has 0 spiro atoms. The third-order valence-electron chi connectivity index (χ3n) is 2.72. The molecule has 0 aromatic heterocycles. The lowest BCUT2D eigenvalue weighted by Gasteiger charge is -2.30. The minimum Gasteiger partial charge on any atom is -0.394 e. The molecule has 1 rings (SSSR count). The van der Waals surface area contributed by atoms with Crippen molar-refractivity contribution >= 4 is 0 Å². The molecule has 1 atom stereocenters. The number of halogens is 1. The molecule has 0 heterocycles. The van der Waals surface area contributed by atoms with E-state index < -0.39 is 5.54 Å². The van der Waals surface area contributed by atoms with Crippen LogP contribution in [0.1, 0.15) is 19.4 Å². The molecule has 96 valence electrons. The zero-order valence-corrected chi connectivity index (χ0v) is 10.3. The van der Waals surface area contributed by atoms with E-state index >= 15 is 0 Å². The van der Waals surface area contributed by atoms with Gasteiger partial charge in [-0.15, -0.1) is 0 Å². The maximum absolute atomic E-state index is 13.0. The number of hydrogen-bond acceptors (Lipinski definition) is 3. The molecule has 0 radical (unpaired) electrons. The summed E-state index contributed by atoms with van der Waals surface area (Å²) < 4.78 is 13.0. The first-order valence-corrected chi connectivity index (χ1v) is 5.73. The van der Waals surface area contributed by atoms with Gasteiger partial charge in [-0.3, -0.25) is 0 Å². The van der Waals surface area contributed by atoms with Gasteiger partial charge in [-0.2, -0.15) is 0 Å². The highest BCUT2D eigenvalue weighted by Crippen LogP contribution is 2.09. The smallest absolute Gasteiger partial charge is 0.123 e. The standard InChI is InChI=1S/C13H20FNO2/c1-10(15-13(2,8-16)9-17)6-11-4-3-5-12(14)7-11/h3-5,7,10,15-17H,6,8-9H2,1-2H3. The Morgan fingerprint density at radius 1 is 1.35 bits per heavy atom. The van der Waals surface area contributed by atoms with Crippen molar-refractivity contribution in [2.24, 2.45) is 0 Å². The second-order valence-electron chi connectivity index (χ2n) is 4.76. The molecule has 0 saturated carbocycles. The van der Waals surface area contributed by atoms with E-state index in [1.165, 1.54) is 12.1 Å². The van der Waals surface area contributed by atoms with E-state index in [2.05, 4.69) is 5.32 Å². The summed E-state index contributed by atoms with van der Waals surface area (Å²) in [4.78, 5) is 0. The van der Waals surface area contributed by atoms with Crippen molar-refractivity contribution in [2.45, 2.75) is 31.8 Å². The normalized spacial score (nSPS) is 13.7. The van der Waals surface area contributed by atoms with Crippen LogP contribution in [0.15, 0.2) is 24.3 Å². The molecule has 0 amide bonds. The van der Waals surface area contributed by atoms with Crippen LogP contribution in [0.25, 0.3) is 0 Å². The Hall–Kier alpha value is -0.970. The Labute approximate surface area is 101 Å². The Morgan fingerprint density at radius 3 is 2.53 bits per heavy atom. The molecule has 1 aromatic carbocycles. The highest BCUT2D eigenvalue weighted by atomic mass is 19.1. The summed E-state index contributed by atoms with van der Waals surface area (Å²) in [6.07, 6.45) is 0.646.